The van der Waals surface area contributed by atoms with E-state index in [0.717, 1.165) is 0 Å². The van der Waals surface area contributed by atoms with Gasteiger partial charge in [-0.05, 0) is 63.2 Å². The number of anilines is 1. The quantitative estimate of drug-likeness (QED) is 0.648. The molecule has 1 fully saturated rings. The van der Waals surface area contributed by atoms with Gasteiger partial charge in [0.1, 0.15) is 13.2 Å². The van der Waals surface area contributed by atoms with E-state index in [1.54, 1.807) is 30.3 Å². The molecule has 2 aromatic rings. The normalized spacial score (nSPS) is 16.6. The van der Waals surface area contributed by atoms with Crippen LogP contribution in [0.3, 0.4) is 0 Å². The van der Waals surface area contributed by atoms with Crippen molar-refractivity contribution in [1.29, 1.82) is 0 Å². The number of nitrogens with one attached hydrogen (secondary N) is 2. The van der Waals surface area contributed by atoms with E-state index >= 15 is 0 Å². The van der Waals surface area contributed by atoms with Crippen LogP contribution in [0.5, 0.6) is 11.5 Å². The maximum absolute atomic E-state index is 12.7. The number of carbonyl (C=O) groups is 1. The average Bonchev–Trinajstić information content (AvgIpc) is 3.62. The van der Waals surface area contributed by atoms with E-state index in [4.69, 9.17) is 9.47 Å². The molecule has 0 radical (unpaired) electrons. The van der Waals surface area contributed by atoms with Gasteiger partial charge in [-0.15, -0.1) is 0 Å². The number of amides is 1. The second-order valence-electron chi connectivity index (χ2n) is 7.94. The number of hydrogen-bond donors (Lipinski definition) is 2. The minimum Gasteiger partial charge on any atom is -0.486 e. The Kier molecular flexibility index (Phi) is 6.06. The Morgan fingerprint density at radius 2 is 1.77 bits per heavy atom. The van der Waals surface area contributed by atoms with E-state index in [-0.39, 0.29) is 16.8 Å². The van der Waals surface area contributed by atoms with Crippen molar-refractivity contribution < 1.29 is 22.7 Å². The Balaban J connectivity index is 1.37. The molecule has 1 aliphatic heterocycles. The SMILES string of the molecule is CC(CNC(=O)c1ccc(NS(=O)(=O)c2ccc3c(c2)OCCO3)cc1)N(C)C1CC1. The minimum atomic E-state index is -3.80. The Hall–Kier alpha value is -2.78. The number of fused-ring (bicyclic) bond motifs is 1. The molecule has 166 valence electrons. The van der Waals surface area contributed by atoms with E-state index in [1.807, 2.05) is 0 Å². The maximum atomic E-state index is 12.7. The minimum absolute atomic E-state index is 0.0762. The summed E-state index contributed by atoms with van der Waals surface area (Å²) in [5.74, 6) is 0.748. The zero-order valence-electron chi connectivity index (χ0n) is 17.6. The van der Waals surface area contributed by atoms with Gasteiger partial charge >= 0.3 is 0 Å². The lowest BCUT2D eigenvalue weighted by molar-refractivity contribution is 0.0939. The van der Waals surface area contributed by atoms with Gasteiger partial charge in [-0.2, -0.15) is 0 Å². The van der Waals surface area contributed by atoms with Crippen LogP contribution in [-0.2, 0) is 10.0 Å². The van der Waals surface area contributed by atoms with Crippen LogP contribution in [0.1, 0.15) is 30.1 Å². The van der Waals surface area contributed by atoms with Crippen molar-refractivity contribution in [2.24, 2.45) is 0 Å². The lowest BCUT2D eigenvalue weighted by atomic mass is 10.2. The highest BCUT2D eigenvalue weighted by Crippen LogP contribution is 2.32. The molecule has 0 bridgehead atoms. The second kappa shape index (κ2) is 8.76. The lowest BCUT2D eigenvalue weighted by Crippen LogP contribution is -2.41. The van der Waals surface area contributed by atoms with Crippen LogP contribution in [0, 0.1) is 0 Å². The molecule has 0 saturated heterocycles. The smallest absolute Gasteiger partial charge is 0.262 e. The molecule has 2 N–H and O–H groups in total. The molecule has 1 amide bonds. The monoisotopic (exact) mass is 445 g/mol. The molecule has 2 aliphatic rings. The third-order valence-corrected chi connectivity index (χ3v) is 6.98. The molecular weight excluding hydrogens is 418 g/mol. The Morgan fingerprint density at radius 3 is 2.45 bits per heavy atom. The summed E-state index contributed by atoms with van der Waals surface area (Å²) >= 11 is 0. The Labute approximate surface area is 182 Å². The third kappa shape index (κ3) is 5.11. The van der Waals surface area contributed by atoms with Crippen LogP contribution in [0.4, 0.5) is 5.69 Å². The van der Waals surface area contributed by atoms with Crippen molar-refractivity contribution in [3.63, 3.8) is 0 Å². The summed E-state index contributed by atoms with van der Waals surface area (Å²) in [5, 5.41) is 2.94. The van der Waals surface area contributed by atoms with Gasteiger partial charge in [0.2, 0.25) is 0 Å². The summed E-state index contributed by atoms with van der Waals surface area (Å²) in [4.78, 5) is 14.8. The molecule has 1 unspecified atom stereocenters. The van der Waals surface area contributed by atoms with Crippen LogP contribution >= 0.6 is 0 Å². The maximum Gasteiger partial charge on any atom is 0.262 e. The highest BCUT2D eigenvalue weighted by Gasteiger charge is 2.29. The fourth-order valence-electron chi connectivity index (χ4n) is 3.42. The van der Waals surface area contributed by atoms with Gasteiger partial charge in [-0.25, -0.2) is 8.42 Å². The van der Waals surface area contributed by atoms with Gasteiger partial charge in [-0.3, -0.25) is 14.4 Å². The second-order valence-corrected chi connectivity index (χ2v) is 9.63. The molecule has 0 spiro atoms. The number of sulfonamides is 1. The summed E-state index contributed by atoms with van der Waals surface area (Å²) < 4.78 is 38.8. The predicted octanol–water partition coefficient (Wildman–Crippen LogP) is 2.47. The average molecular weight is 446 g/mol. The van der Waals surface area contributed by atoms with Crippen molar-refractivity contribution in [1.82, 2.24) is 10.2 Å². The molecule has 2 aromatic carbocycles. The number of benzene rings is 2. The Bertz CT molecular complexity index is 1050. The first-order valence-corrected chi connectivity index (χ1v) is 11.8. The first-order chi connectivity index (χ1) is 14.8. The van der Waals surface area contributed by atoms with E-state index in [0.29, 0.717) is 48.6 Å². The number of rotatable bonds is 8. The fourth-order valence-corrected chi connectivity index (χ4v) is 4.50. The molecule has 31 heavy (non-hydrogen) atoms. The summed E-state index contributed by atoms with van der Waals surface area (Å²) in [6.45, 7) is 3.47. The van der Waals surface area contributed by atoms with Gasteiger partial charge in [0.25, 0.3) is 15.9 Å². The van der Waals surface area contributed by atoms with Gasteiger partial charge in [-0.1, -0.05) is 0 Å². The predicted molar refractivity (Wildman–Crippen MR) is 117 cm³/mol. The lowest BCUT2D eigenvalue weighted by Gasteiger charge is -2.24. The van der Waals surface area contributed by atoms with Gasteiger partial charge < -0.3 is 14.8 Å². The molecule has 1 atom stereocenters. The number of ether oxygens (including phenoxy) is 2. The molecule has 0 aromatic heterocycles. The zero-order valence-corrected chi connectivity index (χ0v) is 18.4. The largest absolute Gasteiger partial charge is 0.486 e. The highest BCUT2D eigenvalue weighted by atomic mass is 32.2. The highest BCUT2D eigenvalue weighted by molar-refractivity contribution is 7.92. The first-order valence-electron chi connectivity index (χ1n) is 10.4. The van der Waals surface area contributed by atoms with Crippen LogP contribution < -0.4 is 19.5 Å². The van der Waals surface area contributed by atoms with Crippen molar-refractivity contribution in [2.75, 3.05) is 31.5 Å². The van der Waals surface area contributed by atoms with Gasteiger partial charge in [0.05, 0.1) is 4.90 Å². The molecule has 1 heterocycles. The van der Waals surface area contributed by atoms with E-state index < -0.39 is 10.0 Å². The number of hydrogen-bond acceptors (Lipinski definition) is 6. The molecule has 1 saturated carbocycles. The van der Waals surface area contributed by atoms with Crippen molar-refractivity contribution >= 4 is 21.6 Å². The molecule has 1 aliphatic carbocycles. The number of nitrogens with zero attached hydrogens (tertiary/aromatic N) is 1. The van der Waals surface area contributed by atoms with E-state index in [2.05, 4.69) is 28.9 Å². The van der Waals surface area contributed by atoms with Crippen LogP contribution in [0.25, 0.3) is 0 Å². The molecule has 4 rings (SSSR count). The number of carbonyl (C=O) groups excluding carboxylic acids is 1. The first kappa shape index (κ1) is 21.5. The standard InChI is InChI=1S/C22H27N3O5S/c1-15(25(2)18-7-8-18)14-23-22(26)16-3-5-17(6-4-16)24-31(27,28)19-9-10-20-21(13-19)30-12-11-29-20/h3-6,9-10,13,15,18,24H,7-8,11-12,14H2,1-2H3,(H,23,26). The molecule has 8 nitrogen and oxygen atoms in total. The summed E-state index contributed by atoms with van der Waals surface area (Å²) in [6, 6.07) is 11.7. The summed E-state index contributed by atoms with van der Waals surface area (Å²) in [7, 11) is -1.72. The zero-order chi connectivity index (χ0) is 22.0. The molecule has 9 heteroatoms. The fraction of sp³-hybridized carbons (Fsp3) is 0.409. The molecular formula is C22H27N3O5S. The third-order valence-electron chi connectivity index (χ3n) is 5.60. The van der Waals surface area contributed by atoms with Gasteiger partial charge in [0.15, 0.2) is 11.5 Å². The van der Waals surface area contributed by atoms with Gasteiger partial charge in [0, 0.05) is 35.9 Å². The summed E-state index contributed by atoms with van der Waals surface area (Å²) in [6.07, 6.45) is 2.44. The van der Waals surface area contributed by atoms with Crippen molar-refractivity contribution in [2.45, 2.75) is 36.7 Å². The van der Waals surface area contributed by atoms with E-state index in [9.17, 15) is 13.2 Å². The topological polar surface area (TPSA) is 97.0 Å². The van der Waals surface area contributed by atoms with Crippen LogP contribution in [0.15, 0.2) is 47.4 Å². The van der Waals surface area contributed by atoms with Crippen molar-refractivity contribution in [3.8, 4) is 11.5 Å². The van der Waals surface area contributed by atoms with Crippen LogP contribution in [-0.4, -0.2) is 58.1 Å². The van der Waals surface area contributed by atoms with E-state index in [1.165, 1.54) is 25.0 Å². The Morgan fingerprint density at radius 1 is 1.10 bits per heavy atom. The summed E-state index contributed by atoms with van der Waals surface area (Å²) in [5.41, 5.74) is 0.844. The van der Waals surface area contributed by atoms with Crippen molar-refractivity contribution in [3.05, 3.63) is 48.0 Å². The van der Waals surface area contributed by atoms with Crippen LogP contribution in [0.2, 0.25) is 0 Å². The number of likely N-dealkylation sites (N-methyl/N-ethyl adjacent to an activating group) is 1.